The monoisotopic (exact) mass is 290 g/mol. The molecular formula is C18H30N2O. The van der Waals surface area contributed by atoms with Gasteiger partial charge in [-0.3, -0.25) is 4.79 Å². The Labute approximate surface area is 129 Å². The molecule has 0 saturated carbocycles. The van der Waals surface area contributed by atoms with Crippen LogP contribution in [0.5, 0.6) is 0 Å². The highest BCUT2D eigenvalue weighted by atomic mass is 16.2. The zero-order valence-corrected chi connectivity index (χ0v) is 14.1. The maximum atomic E-state index is 13.1. The van der Waals surface area contributed by atoms with Crippen molar-refractivity contribution < 1.29 is 4.79 Å². The summed E-state index contributed by atoms with van der Waals surface area (Å²) in [6.07, 6.45) is 3.13. The van der Waals surface area contributed by atoms with Gasteiger partial charge in [-0.15, -0.1) is 0 Å². The summed E-state index contributed by atoms with van der Waals surface area (Å²) in [5.74, 6) is 0.204. The summed E-state index contributed by atoms with van der Waals surface area (Å²) in [4.78, 5) is 15.1. The van der Waals surface area contributed by atoms with Gasteiger partial charge in [0, 0.05) is 18.3 Å². The summed E-state index contributed by atoms with van der Waals surface area (Å²) in [5, 5.41) is 0. The van der Waals surface area contributed by atoms with Crippen LogP contribution in [0.2, 0.25) is 0 Å². The average molecular weight is 290 g/mol. The van der Waals surface area contributed by atoms with Crippen LogP contribution in [0.1, 0.15) is 59.4 Å². The van der Waals surface area contributed by atoms with Crippen LogP contribution in [0.15, 0.2) is 24.3 Å². The Kier molecular flexibility index (Phi) is 6.25. The molecule has 0 aromatic heterocycles. The molecule has 21 heavy (non-hydrogen) atoms. The van der Waals surface area contributed by atoms with E-state index in [-0.39, 0.29) is 11.9 Å². The molecule has 1 aromatic carbocycles. The van der Waals surface area contributed by atoms with E-state index in [9.17, 15) is 4.79 Å². The van der Waals surface area contributed by atoms with Gasteiger partial charge in [-0.25, -0.2) is 0 Å². The second-order valence-corrected chi connectivity index (χ2v) is 6.36. The number of carbonyl (C=O) groups is 1. The van der Waals surface area contributed by atoms with Crippen molar-refractivity contribution in [3.8, 4) is 0 Å². The second kappa shape index (κ2) is 7.48. The molecule has 1 atom stereocenters. The number of hydrogen-bond donors (Lipinski definition) is 1. The Morgan fingerprint density at radius 2 is 1.81 bits per heavy atom. The minimum absolute atomic E-state index is 0.204. The van der Waals surface area contributed by atoms with Crippen molar-refractivity contribution in [2.24, 2.45) is 0 Å². The molecule has 1 amide bonds. The molecule has 0 heterocycles. The number of nitrogens with two attached hydrogens (primary N) is 1. The first kappa shape index (κ1) is 17.5. The highest BCUT2D eigenvalue weighted by molar-refractivity contribution is 5.87. The highest BCUT2D eigenvalue weighted by Gasteiger charge is 2.35. The predicted octanol–water partition coefficient (Wildman–Crippen LogP) is 3.97. The van der Waals surface area contributed by atoms with Crippen LogP contribution in [-0.2, 0) is 10.2 Å². The van der Waals surface area contributed by atoms with Crippen molar-refractivity contribution in [1.29, 1.82) is 0 Å². The van der Waals surface area contributed by atoms with Crippen LogP contribution < -0.4 is 5.73 Å². The third-order valence-electron chi connectivity index (χ3n) is 4.30. The van der Waals surface area contributed by atoms with E-state index in [0.717, 1.165) is 37.1 Å². The van der Waals surface area contributed by atoms with E-state index < -0.39 is 5.41 Å². The molecule has 0 aliphatic rings. The first-order valence-corrected chi connectivity index (χ1v) is 8.01. The molecule has 118 valence electrons. The van der Waals surface area contributed by atoms with Crippen LogP contribution in [-0.4, -0.2) is 23.4 Å². The predicted molar refractivity (Wildman–Crippen MR) is 90.3 cm³/mol. The second-order valence-electron chi connectivity index (χ2n) is 6.36. The lowest BCUT2D eigenvalue weighted by Gasteiger charge is -2.36. The molecule has 0 aliphatic heterocycles. The van der Waals surface area contributed by atoms with Gasteiger partial charge in [0.05, 0.1) is 5.41 Å². The third-order valence-corrected chi connectivity index (χ3v) is 4.30. The van der Waals surface area contributed by atoms with Crippen LogP contribution in [0.3, 0.4) is 0 Å². The molecule has 1 unspecified atom stereocenters. The summed E-state index contributed by atoms with van der Waals surface area (Å²) in [6.45, 7) is 11.3. The van der Waals surface area contributed by atoms with E-state index in [1.807, 2.05) is 43.0 Å². The maximum Gasteiger partial charge on any atom is 0.232 e. The number of anilines is 1. The van der Waals surface area contributed by atoms with E-state index in [0.29, 0.717) is 0 Å². The minimum atomic E-state index is -0.523. The van der Waals surface area contributed by atoms with Crippen LogP contribution in [0.25, 0.3) is 0 Å². The first-order chi connectivity index (χ1) is 9.84. The third kappa shape index (κ3) is 4.23. The van der Waals surface area contributed by atoms with Crippen LogP contribution in [0, 0.1) is 0 Å². The molecule has 0 saturated heterocycles. The fourth-order valence-electron chi connectivity index (χ4n) is 2.45. The largest absolute Gasteiger partial charge is 0.399 e. The van der Waals surface area contributed by atoms with E-state index >= 15 is 0 Å². The molecule has 3 heteroatoms. The average Bonchev–Trinajstić information content (AvgIpc) is 2.47. The van der Waals surface area contributed by atoms with E-state index in [2.05, 4.69) is 20.8 Å². The Hall–Kier alpha value is -1.51. The van der Waals surface area contributed by atoms with Crippen molar-refractivity contribution in [2.45, 2.75) is 65.3 Å². The van der Waals surface area contributed by atoms with E-state index in [1.54, 1.807) is 0 Å². The van der Waals surface area contributed by atoms with Crippen LogP contribution in [0.4, 0.5) is 5.69 Å². The number of amides is 1. The Morgan fingerprint density at radius 1 is 1.24 bits per heavy atom. The molecule has 1 rings (SSSR count). The number of hydrogen-bond acceptors (Lipinski definition) is 2. The maximum absolute atomic E-state index is 13.1. The molecule has 0 aliphatic carbocycles. The van der Waals surface area contributed by atoms with E-state index in [1.165, 1.54) is 0 Å². The minimum Gasteiger partial charge on any atom is -0.399 e. The van der Waals surface area contributed by atoms with Gasteiger partial charge in [0.2, 0.25) is 5.91 Å². The SMILES string of the molecule is CCCCN(C(=O)C(C)(C)c1ccc(N)cc1)C(C)CC. The fourth-order valence-corrected chi connectivity index (χ4v) is 2.45. The summed E-state index contributed by atoms with van der Waals surface area (Å²) in [5.41, 5.74) is 6.97. The van der Waals surface area contributed by atoms with Gasteiger partial charge in [-0.1, -0.05) is 32.4 Å². The van der Waals surface area contributed by atoms with Crippen molar-refractivity contribution in [2.75, 3.05) is 12.3 Å². The smallest absolute Gasteiger partial charge is 0.232 e. The number of unbranched alkanes of at least 4 members (excludes halogenated alkanes) is 1. The summed E-state index contributed by atoms with van der Waals surface area (Å²) >= 11 is 0. The molecule has 3 nitrogen and oxygen atoms in total. The lowest BCUT2D eigenvalue weighted by atomic mass is 9.82. The van der Waals surface area contributed by atoms with Gasteiger partial charge >= 0.3 is 0 Å². The van der Waals surface area contributed by atoms with Crippen molar-refractivity contribution in [1.82, 2.24) is 4.90 Å². The molecule has 0 spiro atoms. The summed E-state index contributed by atoms with van der Waals surface area (Å²) in [6, 6.07) is 7.93. The van der Waals surface area contributed by atoms with Crippen molar-refractivity contribution in [3.63, 3.8) is 0 Å². The Balaban J connectivity index is 3.01. The standard InChI is InChI=1S/C18H30N2O/c1-6-8-13-20(14(3)7-2)17(21)18(4,5)15-9-11-16(19)12-10-15/h9-12,14H,6-8,13,19H2,1-5H3. The van der Waals surface area contributed by atoms with Gasteiger partial charge in [-0.05, 0) is 51.3 Å². The highest BCUT2D eigenvalue weighted by Crippen LogP contribution is 2.28. The molecule has 2 N–H and O–H groups in total. The number of benzene rings is 1. The molecular weight excluding hydrogens is 260 g/mol. The Bertz CT molecular complexity index is 451. The molecule has 0 radical (unpaired) electrons. The lowest BCUT2D eigenvalue weighted by molar-refractivity contribution is -0.138. The first-order valence-electron chi connectivity index (χ1n) is 8.01. The van der Waals surface area contributed by atoms with Crippen molar-refractivity contribution in [3.05, 3.63) is 29.8 Å². The van der Waals surface area contributed by atoms with Crippen LogP contribution >= 0.6 is 0 Å². The van der Waals surface area contributed by atoms with Gasteiger partial charge in [-0.2, -0.15) is 0 Å². The molecule has 0 bridgehead atoms. The zero-order chi connectivity index (χ0) is 16.0. The fraction of sp³-hybridized carbons (Fsp3) is 0.611. The zero-order valence-electron chi connectivity index (χ0n) is 14.1. The van der Waals surface area contributed by atoms with E-state index in [4.69, 9.17) is 5.73 Å². The van der Waals surface area contributed by atoms with Gasteiger partial charge < -0.3 is 10.6 Å². The van der Waals surface area contributed by atoms with Crippen molar-refractivity contribution >= 4 is 11.6 Å². The van der Waals surface area contributed by atoms with Gasteiger partial charge in [0.1, 0.15) is 0 Å². The number of carbonyl (C=O) groups excluding carboxylic acids is 1. The molecule has 1 aromatic rings. The number of nitrogen functional groups attached to an aromatic ring is 1. The normalized spacial score (nSPS) is 13.0. The van der Waals surface area contributed by atoms with Gasteiger partial charge in [0.25, 0.3) is 0 Å². The summed E-state index contributed by atoms with van der Waals surface area (Å²) < 4.78 is 0. The topological polar surface area (TPSA) is 46.3 Å². The number of nitrogens with zero attached hydrogens (tertiary/aromatic N) is 1. The Morgan fingerprint density at radius 3 is 2.29 bits per heavy atom. The number of rotatable bonds is 7. The quantitative estimate of drug-likeness (QED) is 0.772. The van der Waals surface area contributed by atoms with Gasteiger partial charge in [0.15, 0.2) is 0 Å². The lowest BCUT2D eigenvalue weighted by Crippen LogP contribution is -2.48. The molecule has 0 fully saturated rings. The summed E-state index contributed by atoms with van der Waals surface area (Å²) in [7, 11) is 0.